The van der Waals surface area contributed by atoms with Gasteiger partial charge >= 0.3 is 12.3 Å². The smallest absolute Gasteiger partial charge is 0.434 e. The Balaban J connectivity index is 2.27. The highest BCUT2D eigenvalue weighted by atomic mass is 16.7. The van der Waals surface area contributed by atoms with Crippen LogP contribution in [-0.2, 0) is 18.9 Å². The van der Waals surface area contributed by atoms with Gasteiger partial charge in [-0.3, -0.25) is 0 Å². The minimum Gasteiger partial charge on any atom is -0.434 e. The molecule has 0 aromatic rings. The Labute approximate surface area is 132 Å². The van der Waals surface area contributed by atoms with E-state index < -0.39 is 12.3 Å². The van der Waals surface area contributed by atoms with Crippen LogP contribution in [0.1, 0.15) is 59.8 Å². The maximum Gasteiger partial charge on any atom is 0.508 e. The Bertz CT molecular complexity index is 353. The third-order valence-electron chi connectivity index (χ3n) is 3.35. The molecule has 0 saturated heterocycles. The summed E-state index contributed by atoms with van der Waals surface area (Å²) in [4.78, 5) is 23.1. The van der Waals surface area contributed by atoms with Crippen molar-refractivity contribution < 1.29 is 28.5 Å². The topological polar surface area (TPSA) is 71.1 Å². The SMILES string of the molecule is CC(C)CCOC(=O)OC1CCCC(OC(=O)OC(C)C)C1. The first-order valence-corrected chi connectivity index (χ1v) is 8.07. The van der Waals surface area contributed by atoms with Crippen molar-refractivity contribution >= 4 is 12.3 Å². The number of ether oxygens (including phenoxy) is 4. The molecule has 1 rings (SSSR count). The minimum absolute atomic E-state index is 0.209. The number of carbonyl (C=O) groups is 2. The molecule has 0 amide bonds. The van der Waals surface area contributed by atoms with Gasteiger partial charge in [0.05, 0.1) is 12.7 Å². The molecule has 128 valence electrons. The Kier molecular flexibility index (Phi) is 8.06. The van der Waals surface area contributed by atoms with E-state index in [2.05, 4.69) is 13.8 Å². The molecule has 22 heavy (non-hydrogen) atoms. The molecule has 2 unspecified atom stereocenters. The zero-order chi connectivity index (χ0) is 16.5. The van der Waals surface area contributed by atoms with Crippen LogP contribution in [0.2, 0.25) is 0 Å². The molecule has 0 heterocycles. The number of carbonyl (C=O) groups excluding carboxylic acids is 2. The van der Waals surface area contributed by atoms with Crippen LogP contribution >= 0.6 is 0 Å². The average molecular weight is 316 g/mol. The van der Waals surface area contributed by atoms with Gasteiger partial charge in [-0.25, -0.2) is 9.59 Å². The van der Waals surface area contributed by atoms with Gasteiger partial charge in [0.15, 0.2) is 0 Å². The molecule has 0 spiro atoms. The van der Waals surface area contributed by atoms with Crippen molar-refractivity contribution in [2.45, 2.75) is 78.1 Å². The van der Waals surface area contributed by atoms with Crippen molar-refractivity contribution in [3.05, 3.63) is 0 Å². The van der Waals surface area contributed by atoms with Crippen molar-refractivity contribution in [3.8, 4) is 0 Å². The molecular formula is C16H28O6. The highest BCUT2D eigenvalue weighted by Gasteiger charge is 2.28. The summed E-state index contributed by atoms with van der Waals surface area (Å²) < 4.78 is 20.5. The van der Waals surface area contributed by atoms with Gasteiger partial charge in [0.1, 0.15) is 12.2 Å². The van der Waals surface area contributed by atoms with Crippen molar-refractivity contribution in [1.82, 2.24) is 0 Å². The lowest BCUT2D eigenvalue weighted by Gasteiger charge is -2.28. The van der Waals surface area contributed by atoms with Gasteiger partial charge in [-0.05, 0) is 45.4 Å². The monoisotopic (exact) mass is 316 g/mol. The van der Waals surface area contributed by atoms with E-state index in [-0.39, 0.29) is 18.3 Å². The van der Waals surface area contributed by atoms with E-state index in [1.807, 2.05) is 0 Å². The van der Waals surface area contributed by atoms with Crippen LogP contribution in [0.4, 0.5) is 9.59 Å². The first-order chi connectivity index (χ1) is 10.4. The van der Waals surface area contributed by atoms with Crippen LogP contribution in [0.3, 0.4) is 0 Å². The van der Waals surface area contributed by atoms with E-state index in [0.717, 1.165) is 25.7 Å². The largest absolute Gasteiger partial charge is 0.508 e. The van der Waals surface area contributed by atoms with Gasteiger partial charge in [0.25, 0.3) is 0 Å². The van der Waals surface area contributed by atoms with Gasteiger partial charge in [-0.2, -0.15) is 0 Å². The predicted octanol–water partition coefficient (Wildman–Crippen LogP) is 4.06. The van der Waals surface area contributed by atoms with Crippen molar-refractivity contribution in [1.29, 1.82) is 0 Å². The molecule has 0 radical (unpaired) electrons. The van der Waals surface area contributed by atoms with Gasteiger partial charge in [0.2, 0.25) is 0 Å². The molecule has 0 N–H and O–H groups in total. The van der Waals surface area contributed by atoms with Crippen LogP contribution in [0, 0.1) is 5.92 Å². The Morgan fingerprint density at radius 3 is 2.14 bits per heavy atom. The lowest BCUT2D eigenvalue weighted by atomic mass is 9.95. The molecule has 0 bridgehead atoms. The molecule has 6 heteroatoms. The maximum atomic E-state index is 11.6. The van der Waals surface area contributed by atoms with E-state index in [4.69, 9.17) is 18.9 Å². The molecule has 1 aliphatic carbocycles. The fourth-order valence-electron chi connectivity index (χ4n) is 2.22. The van der Waals surface area contributed by atoms with Gasteiger partial charge in [0, 0.05) is 6.42 Å². The second-order valence-electron chi connectivity index (χ2n) is 6.34. The number of rotatable bonds is 6. The van der Waals surface area contributed by atoms with Crippen molar-refractivity contribution in [2.24, 2.45) is 5.92 Å². The molecule has 0 aromatic heterocycles. The quantitative estimate of drug-likeness (QED) is 0.688. The summed E-state index contributed by atoms with van der Waals surface area (Å²) in [6.07, 6.45) is 1.61. The van der Waals surface area contributed by atoms with E-state index in [1.54, 1.807) is 13.8 Å². The van der Waals surface area contributed by atoms with Gasteiger partial charge < -0.3 is 18.9 Å². The van der Waals surface area contributed by atoms with Crippen LogP contribution < -0.4 is 0 Å². The molecule has 6 nitrogen and oxygen atoms in total. The van der Waals surface area contributed by atoms with E-state index >= 15 is 0 Å². The van der Waals surface area contributed by atoms with Crippen LogP contribution in [0.5, 0.6) is 0 Å². The molecule has 2 atom stereocenters. The van der Waals surface area contributed by atoms with Crippen LogP contribution in [0.15, 0.2) is 0 Å². The van der Waals surface area contributed by atoms with Crippen LogP contribution in [-0.4, -0.2) is 37.2 Å². The molecule has 1 aliphatic rings. The Hall–Kier alpha value is -1.46. The van der Waals surface area contributed by atoms with E-state index in [1.165, 1.54) is 0 Å². The normalized spacial score (nSPS) is 21.5. The highest BCUT2D eigenvalue weighted by molar-refractivity contribution is 5.60. The predicted molar refractivity (Wildman–Crippen MR) is 80.6 cm³/mol. The third kappa shape index (κ3) is 8.10. The van der Waals surface area contributed by atoms with Crippen molar-refractivity contribution in [3.63, 3.8) is 0 Å². The second kappa shape index (κ2) is 9.54. The zero-order valence-corrected chi connectivity index (χ0v) is 14.0. The molecular weight excluding hydrogens is 288 g/mol. The summed E-state index contributed by atoms with van der Waals surface area (Å²) in [6, 6.07) is 0. The fourth-order valence-corrected chi connectivity index (χ4v) is 2.22. The maximum absolute atomic E-state index is 11.6. The van der Waals surface area contributed by atoms with E-state index in [9.17, 15) is 9.59 Å². The summed E-state index contributed by atoms with van der Waals surface area (Å²) in [7, 11) is 0. The molecule has 1 fully saturated rings. The lowest BCUT2D eigenvalue weighted by Crippen LogP contribution is -2.32. The average Bonchev–Trinajstić information content (AvgIpc) is 2.37. The van der Waals surface area contributed by atoms with E-state index in [0.29, 0.717) is 18.9 Å². The third-order valence-corrected chi connectivity index (χ3v) is 3.35. The van der Waals surface area contributed by atoms with Crippen LogP contribution in [0.25, 0.3) is 0 Å². The summed E-state index contributed by atoms with van der Waals surface area (Å²) >= 11 is 0. The summed E-state index contributed by atoms with van der Waals surface area (Å²) in [5.41, 5.74) is 0. The highest BCUT2D eigenvalue weighted by Crippen LogP contribution is 2.24. The summed E-state index contributed by atoms with van der Waals surface area (Å²) in [5, 5.41) is 0. The molecule has 0 aliphatic heterocycles. The minimum atomic E-state index is -0.667. The number of hydrogen-bond donors (Lipinski definition) is 0. The first kappa shape index (κ1) is 18.6. The Morgan fingerprint density at radius 1 is 1.00 bits per heavy atom. The Morgan fingerprint density at radius 2 is 1.59 bits per heavy atom. The van der Waals surface area contributed by atoms with Gasteiger partial charge in [-0.15, -0.1) is 0 Å². The first-order valence-electron chi connectivity index (χ1n) is 8.07. The fraction of sp³-hybridized carbons (Fsp3) is 0.875. The van der Waals surface area contributed by atoms with Gasteiger partial charge in [-0.1, -0.05) is 13.8 Å². The lowest BCUT2D eigenvalue weighted by molar-refractivity contribution is -0.0403. The molecule has 1 saturated carbocycles. The summed E-state index contributed by atoms with van der Waals surface area (Å²) in [5.74, 6) is 0.479. The zero-order valence-electron chi connectivity index (χ0n) is 14.0. The standard InChI is InChI=1S/C16H28O6/c1-11(2)8-9-19-15(17)21-13-6-5-7-14(10-13)22-16(18)20-12(3)4/h11-14H,5-10H2,1-4H3. The van der Waals surface area contributed by atoms with Crippen molar-refractivity contribution in [2.75, 3.05) is 6.61 Å². The molecule has 0 aromatic carbocycles. The number of hydrogen-bond acceptors (Lipinski definition) is 6. The summed E-state index contributed by atoms with van der Waals surface area (Å²) in [6.45, 7) is 8.02. The second-order valence-corrected chi connectivity index (χ2v) is 6.34.